The molecule has 8 heteroatoms. The molecule has 1 N–H and O–H groups in total. The van der Waals surface area contributed by atoms with Gasteiger partial charge >= 0.3 is 6.03 Å². The summed E-state index contributed by atoms with van der Waals surface area (Å²) in [5.74, 6) is 0.317. The van der Waals surface area contributed by atoms with Crippen molar-refractivity contribution >= 4 is 22.0 Å². The molecular weight excluding hydrogens is 342 g/mol. The molecule has 1 aliphatic carbocycles. The quantitative estimate of drug-likeness (QED) is 0.876. The Labute approximate surface area is 148 Å². The summed E-state index contributed by atoms with van der Waals surface area (Å²) in [4.78, 5) is 27.8. The Bertz CT molecular complexity index is 757. The summed E-state index contributed by atoms with van der Waals surface area (Å²) in [6.45, 7) is 3.70. The second-order valence-corrected chi connectivity index (χ2v) is 8.35. The standard InChI is InChI=1S/C17H23N3O4S/c1-13-3-7-15(8-4-13)25(23,24)18-17(22)20-10-2-9-19(11-12-20)16(21)14-5-6-14/h3-4,7-8,14H,2,5-6,9-12H2,1H3,(H,18,22). The van der Waals surface area contributed by atoms with Crippen molar-refractivity contribution in [2.45, 2.75) is 31.1 Å². The minimum absolute atomic E-state index is 0.0619. The zero-order chi connectivity index (χ0) is 18.0. The van der Waals surface area contributed by atoms with Crippen molar-refractivity contribution in [3.63, 3.8) is 0 Å². The molecule has 0 spiro atoms. The van der Waals surface area contributed by atoms with E-state index < -0.39 is 16.1 Å². The van der Waals surface area contributed by atoms with Crippen molar-refractivity contribution in [3.05, 3.63) is 29.8 Å². The molecule has 1 heterocycles. The monoisotopic (exact) mass is 365 g/mol. The number of aryl methyl sites for hydroxylation is 1. The van der Waals surface area contributed by atoms with Crippen LogP contribution in [0.4, 0.5) is 4.79 Å². The molecule has 1 aromatic carbocycles. The third-order valence-electron chi connectivity index (χ3n) is 4.57. The maximum atomic E-state index is 12.4. The summed E-state index contributed by atoms with van der Waals surface area (Å²) in [7, 11) is -3.89. The molecule has 1 saturated carbocycles. The van der Waals surface area contributed by atoms with Gasteiger partial charge < -0.3 is 9.80 Å². The van der Waals surface area contributed by atoms with Gasteiger partial charge in [0, 0.05) is 32.1 Å². The van der Waals surface area contributed by atoms with Gasteiger partial charge in [-0.05, 0) is 38.3 Å². The molecule has 7 nitrogen and oxygen atoms in total. The second kappa shape index (κ2) is 7.03. The molecule has 3 amide bonds. The summed E-state index contributed by atoms with van der Waals surface area (Å²) in [6, 6.07) is 5.69. The van der Waals surface area contributed by atoms with Gasteiger partial charge in [0.2, 0.25) is 5.91 Å². The van der Waals surface area contributed by atoms with Gasteiger partial charge in [-0.15, -0.1) is 0 Å². The first-order valence-corrected chi connectivity index (χ1v) is 10.0. The Hall–Kier alpha value is -2.09. The highest BCUT2D eigenvalue weighted by Crippen LogP contribution is 2.31. The van der Waals surface area contributed by atoms with Gasteiger partial charge in [-0.2, -0.15) is 0 Å². The lowest BCUT2D eigenvalue weighted by molar-refractivity contribution is -0.132. The molecular formula is C17H23N3O4S. The lowest BCUT2D eigenvalue weighted by Gasteiger charge is -2.22. The Morgan fingerprint density at radius 1 is 1.00 bits per heavy atom. The van der Waals surface area contributed by atoms with Crippen molar-refractivity contribution in [2.75, 3.05) is 26.2 Å². The van der Waals surface area contributed by atoms with Gasteiger partial charge in [-0.1, -0.05) is 17.7 Å². The van der Waals surface area contributed by atoms with E-state index >= 15 is 0 Å². The first-order valence-electron chi connectivity index (χ1n) is 8.54. The van der Waals surface area contributed by atoms with Gasteiger partial charge in [-0.3, -0.25) is 4.79 Å². The Morgan fingerprint density at radius 2 is 1.60 bits per heavy atom. The van der Waals surface area contributed by atoms with Crippen molar-refractivity contribution in [1.82, 2.24) is 14.5 Å². The number of carbonyl (C=O) groups excluding carboxylic acids is 2. The SMILES string of the molecule is Cc1ccc(S(=O)(=O)NC(=O)N2CCCN(C(=O)C3CC3)CC2)cc1. The van der Waals surface area contributed by atoms with E-state index in [4.69, 9.17) is 0 Å². The first kappa shape index (κ1) is 17.7. The maximum Gasteiger partial charge on any atom is 0.331 e. The van der Waals surface area contributed by atoms with Crippen LogP contribution in [0.5, 0.6) is 0 Å². The molecule has 2 aliphatic rings. The van der Waals surface area contributed by atoms with Crippen molar-refractivity contribution in [3.8, 4) is 0 Å². The van der Waals surface area contributed by atoms with E-state index in [0.29, 0.717) is 32.6 Å². The van der Waals surface area contributed by atoms with Gasteiger partial charge in [0.05, 0.1) is 4.90 Å². The van der Waals surface area contributed by atoms with E-state index in [9.17, 15) is 18.0 Å². The van der Waals surface area contributed by atoms with E-state index in [2.05, 4.69) is 4.72 Å². The number of hydrogen-bond donors (Lipinski definition) is 1. The van der Waals surface area contributed by atoms with Gasteiger partial charge in [0.25, 0.3) is 10.0 Å². The third kappa shape index (κ3) is 4.31. The van der Waals surface area contributed by atoms with Crippen LogP contribution in [0, 0.1) is 12.8 Å². The van der Waals surface area contributed by atoms with Crippen LogP contribution < -0.4 is 4.72 Å². The van der Waals surface area contributed by atoms with Crippen LogP contribution in [0.2, 0.25) is 0 Å². The molecule has 0 radical (unpaired) electrons. The molecule has 25 heavy (non-hydrogen) atoms. The van der Waals surface area contributed by atoms with E-state index in [1.165, 1.54) is 17.0 Å². The Morgan fingerprint density at radius 3 is 2.24 bits per heavy atom. The number of nitrogens with zero attached hydrogens (tertiary/aromatic N) is 2. The highest BCUT2D eigenvalue weighted by atomic mass is 32.2. The summed E-state index contributed by atoms with van der Waals surface area (Å²) in [5.41, 5.74) is 0.943. The molecule has 0 atom stereocenters. The molecule has 1 aliphatic heterocycles. The summed E-state index contributed by atoms with van der Waals surface area (Å²) in [6.07, 6.45) is 2.55. The van der Waals surface area contributed by atoms with Crippen molar-refractivity contribution < 1.29 is 18.0 Å². The fourth-order valence-electron chi connectivity index (χ4n) is 2.89. The number of sulfonamides is 1. The number of urea groups is 1. The molecule has 0 bridgehead atoms. The average Bonchev–Trinajstić information content (AvgIpc) is 3.41. The predicted molar refractivity (Wildman–Crippen MR) is 92.4 cm³/mol. The highest BCUT2D eigenvalue weighted by molar-refractivity contribution is 7.90. The molecule has 3 rings (SSSR count). The van der Waals surface area contributed by atoms with Crippen LogP contribution >= 0.6 is 0 Å². The second-order valence-electron chi connectivity index (χ2n) is 6.66. The van der Waals surface area contributed by atoms with E-state index in [1.807, 2.05) is 6.92 Å². The minimum atomic E-state index is -3.89. The fraction of sp³-hybridized carbons (Fsp3) is 0.529. The third-order valence-corrected chi connectivity index (χ3v) is 5.91. The van der Waals surface area contributed by atoms with Gasteiger partial charge in [-0.25, -0.2) is 17.9 Å². The van der Waals surface area contributed by atoms with E-state index in [-0.39, 0.29) is 16.7 Å². The minimum Gasteiger partial charge on any atom is -0.341 e. The lowest BCUT2D eigenvalue weighted by atomic mass is 10.2. The van der Waals surface area contributed by atoms with Crippen molar-refractivity contribution in [1.29, 1.82) is 0 Å². The molecule has 1 saturated heterocycles. The average molecular weight is 365 g/mol. The van der Waals surface area contributed by atoms with E-state index in [1.54, 1.807) is 17.0 Å². The molecule has 2 fully saturated rings. The van der Waals surface area contributed by atoms with E-state index in [0.717, 1.165) is 18.4 Å². The van der Waals surface area contributed by atoms with Crippen LogP contribution in [0.1, 0.15) is 24.8 Å². The Balaban J connectivity index is 1.60. The topological polar surface area (TPSA) is 86.8 Å². The summed E-state index contributed by atoms with van der Waals surface area (Å²) in [5, 5.41) is 0. The highest BCUT2D eigenvalue weighted by Gasteiger charge is 2.34. The summed E-state index contributed by atoms with van der Waals surface area (Å²) >= 11 is 0. The van der Waals surface area contributed by atoms with Crippen LogP contribution in [-0.4, -0.2) is 56.3 Å². The lowest BCUT2D eigenvalue weighted by Crippen LogP contribution is -2.44. The normalized spacial score (nSPS) is 18.6. The number of carbonyl (C=O) groups is 2. The number of amides is 3. The number of rotatable bonds is 3. The fourth-order valence-corrected chi connectivity index (χ4v) is 3.86. The smallest absolute Gasteiger partial charge is 0.331 e. The maximum absolute atomic E-state index is 12.4. The van der Waals surface area contributed by atoms with Crippen LogP contribution in [0.25, 0.3) is 0 Å². The summed E-state index contributed by atoms with van der Waals surface area (Å²) < 4.78 is 26.8. The van der Waals surface area contributed by atoms with Crippen LogP contribution in [0.15, 0.2) is 29.2 Å². The van der Waals surface area contributed by atoms with Gasteiger partial charge in [0.15, 0.2) is 0 Å². The first-order chi connectivity index (χ1) is 11.9. The van der Waals surface area contributed by atoms with Crippen LogP contribution in [0.3, 0.4) is 0 Å². The molecule has 1 aromatic rings. The Kier molecular flexibility index (Phi) is 4.99. The number of hydrogen-bond acceptors (Lipinski definition) is 4. The predicted octanol–water partition coefficient (Wildman–Crippen LogP) is 1.34. The zero-order valence-electron chi connectivity index (χ0n) is 14.3. The number of benzene rings is 1. The molecule has 0 unspecified atom stereocenters. The number of nitrogens with one attached hydrogen (secondary N) is 1. The van der Waals surface area contributed by atoms with Crippen LogP contribution in [-0.2, 0) is 14.8 Å². The largest absolute Gasteiger partial charge is 0.341 e. The van der Waals surface area contributed by atoms with Gasteiger partial charge in [0.1, 0.15) is 0 Å². The van der Waals surface area contributed by atoms with Crippen molar-refractivity contribution in [2.24, 2.45) is 5.92 Å². The molecule has 136 valence electrons. The molecule has 0 aromatic heterocycles. The zero-order valence-corrected chi connectivity index (χ0v) is 15.1.